The van der Waals surface area contributed by atoms with E-state index in [1.54, 1.807) is 18.2 Å². The molecule has 0 saturated carbocycles. The van der Waals surface area contributed by atoms with E-state index >= 15 is 0 Å². The Morgan fingerprint density at radius 1 is 0.536 bits per heavy atom. The van der Waals surface area contributed by atoms with Crippen molar-refractivity contribution in [3.8, 4) is 11.1 Å². The molecule has 28 heavy (non-hydrogen) atoms. The molecule has 0 aliphatic heterocycles. The summed E-state index contributed by atoms with van der Waals surface area (Å²) in [5, 5.41) is 2.84. The molecule has 0 fully saturated rings. The molecule has 0 aliphatic carbocycles. The lowest BCUT2D eigenvalue weighted by molar-refractivity contribution is 0.108. The molecule has 4 heteroatoms. The maximum atomic E-state index is 12.0. The summed E-state index contributed by atoms with van der Waals surface area (Å²) in [5.74, 6) is 0. The van der Waals surface area contributed by atoms with E-state index in [2.05, 4.69) is 0 Å². The van der Waals surface area contributed by atoms with Gasteiger partial charge in [0.25, 0.3) is 0 Å². The summed E-state index contributed by atoms with van der Waals surface area (Å²) in [6.45, 7) is 0. The first-order valence-electron chi connectivity index (χ1n) is 8.66. The topological polar surface area (TPSA) is 68.3 Å². The molecule has 0 atom stereocenters. The first kappa shape index (κ1) is 17.5. The summed E-state index contributed by atoms with van der Waals surface area (Å²) in [4.78, 5) is 47.3. The second-order valence-electron chi connectivity index (χ2n) is 6.38. The first-order valence-corrected chi connectivity index (χ1v) is 8.66. The zero-order valence-electron chi connectivity index (χ0n) is 14.7. The van der Waals surface area contributed by atoms with Crippen molar-refractivity contribution in [2.45, 2.75) is 0 Å². The van der Waals surface area contributed by atoms with Crippen molar-refractivity contribution < 1.29 is 19.2 Å². The van der Waals surface area contributed by atoms with Gasteiger partial charge in [0.2, 0.25) is 0 Å². The van der Waals surface area contributed by atoms with Crippen molar-refractivity contribution >= 4 is 46.7 Å². The average molecular weight is 366 g/mol. The largest absolute Gasteiger partial charge is 0.298 e. The molecule has 0 N–H and O–H groups in total. The Kier molecular flexibility index (Phi) is 4.38. The summed E-state index contributed by atoms with van der Waals surface area (Å²) in [5.41, 5.74) is 1.78. The molecule has 4 aromatic rings. The van der Waals surface area contributed by atoms with Crippen molar-refractivity contribution in [2.75, 3.05) is 0 Å². The number of fused-ring (bicyclic) bond motifs is 2. The Morgan fingerprint density at radius 2 is 1.18 bits per heavy atom. The molecule has 0 bridgehead atoms. The quantitative estimate of drug-likeness (QED) is 0.471. The van der Waals surface area contributed by atoms with Crippen LogP contribution in [0.1, 0.15) is 41.4 Å². The molecule has 4 aromatic carbocycles. The second kappa shape index (κ2) is 7.00. The van der Waals surface area contributed by atoms with Crippen LogP contribution in [0.3, 0.4) is 0 Å². The summed E-state index contributed by atoms with van der Waals surface area (Å²) in [6.07, 6.45) is 2.28. The van der Waals surface area contributed by atoms with Crippen LogP contribution in [0.15, 0.2) is 60.7 Å². The lowest BCUT2D eigenvalue weighted by atomic mass is 9.84. The number of rotatable bonds is 5. The van der Waals surface area contributed by atoms with Crippen LogP contribution in [0.5, 0.6) is 0 Å². The molecule has 0 radical (unpaired) electrons. The SMILES string of the molecule is O=Cc1c(C=O)c(C=O)c2c(C=O)cccc2c1-c1cccc2ccccc12. The van der Waals surface area contributed by atoms with Crippen molar-refractivity contribution in [2.24, 2.45) is 0 Å². The first-order chi connectivity index (χ1) is 13.7. The zero-order chi connectivity index (χ0) is 19.7. The third-order valence-electron chi connectivity index (χ3n) is 5.02. The summed E-state index contributed by atoms with van der Waals surface area (Å²) < 4.78 is 0. The number of benzene rings is 4. The maximum absolute atomic E-state index is 12.0. The Bertz CT molecular complexity index is 1280. The van der Waals surface area contributed by atoms with Gasteiger partial charge >= 0.3 is 0 Å². The van der Waals surface area contributed by atoms with Crippen LogP contribution in [-0.4, -0.2) is 25.1 Å². The highest BCUT2D eigenvalue weighted by atomic mass is 16.1. The van der Waals surface area contributed by atoms with Gasteiger partial charge in [0.1, 0.15) is 0 Å². The number of hydrogen-bond donors (Lipinski definition) is 0. The number of hydrogen-bond acceptors (Lipinski definition) is 4. The smallest absolute Gasteiger partial charge is 0.151 e. The van der Waals surface area contributed by atoms with Crippen molar-refractivity contribution in [1.29, 1.82) is 0 Å². The van der Waals surface area contributed by atoms with Gasteiger partial charge in [-0.15, -0.1) is 0 Å². The van der Waals surface area contributed by atoms with Crippen LogP contribution >= 0.6 is 0 Å². The lowest BCUT2D eigenvalue weighted by Crippen LogP contribution is -2.05. The van der Waals surface area contributed by atoms with E-state index in [1.165, 1.54) is 0 Å². The summed E-state index contributed by atoms with van der Waals surface area (Å²) in [6, 6.07) is 18.4. The monoisotopic (exact) mass is 366 g/mol. The van der Waals surface area contributed by atoms with Gasteiger partial charge in [-0.2, -0.15) is 0 Å². The van der Waals surface area contributed by atoms with Crippen LogP contribution in [-0.2, 0) is 0 Å². The van der Waals surface area contributed by atoms with Gasteiger partial charge in [-0.25, -0.2) is 0 Å². The number of aldehydes is 4. The fourth-order valence-electron chi connectivity index (χ4n) is 3.84. The summed E-state index contributed by atoms with van der Waals surface area (Å²) >= 11 is 0. The number of carbonyl (C=O) groups excluding carboxylic acids is 4. The van der Waals surface area contributed by atoms with E-state index in [0.29, 0.717) is 47.0 Å². The highest BCUT2D eigenvalue weighted by Crippen LogP contribution is 2.39. The van der Waals surface area contributed by atoms with E-state index in [-0.39, 0.29) is 16.7 Å². The minimum atomic E-state index is -0.00488. The second-order valence-corrected chi connectivity index (χ2v) is 6.38. The predicted molar refractivity (Wildman–Crippen MR) is 108 cm³/mol. The Morgan fingerprint density at radius 3 is 1.89 bits per heavy atom. The normalized spacial score (nSPS) is 10.7. The fraction of sp³-hybridized carbons (Fsp3) is 0. The van der Waals surface area contributed by atoms with Crippen LogP contribution in [0, 0.1) is 0 Å². The minimum Gasteiger partial charge on any atom is -0.298 e. The van der Waals surface area contributed by atoms with Crippen molar-refractivity contribution in [1.82, 2.24) is 0 Å². The zero-order valence-corrected chi connectivity index (χ0v) is 14.7. The van der Waals surface area contributed by atoms with Gasteiger partial charge in [-0.05, 0) is 21.7 Å². The van der Waals surface area contributed by atoms with Gasteiger partial charge in [0.15, 0.2) is 25.1 Å². The maximum Gasteiger partial charge on any atom is 0.151 e. The highest BCUT2D eigenvalue weighted by molar-refractivity contribution is 6.21. The fourth-order valence-corrected chi connectivity index (χ4v) is 3.84. The van der Waals surface area contributed by atoms with Gasteiger partial charge in [-0.1, -0.05) is 60.7 Å². The molecule has 134 valence electrons. The third-order valence-corrected chi connectivity index (χ3v) is 5.02. The Hall–Kier alpha value is -3.92. The molecule has 0 spiro atoms. The molecule has 4 rings (SSSR count). The highest BCUT2D eigenvalue weighted by Gasteiger charge is 2.22. The third kappa shape index (κ3) is 2.47. The van der Waals surface area contributed by atoms with Gasteiger partial charge in [0.05, 0.1) is 0 Å². The number of carbonyl (C=O) groups is 4. The van der Waals surface area contributed by atoms with E-state index in [0.717, 1.165) is 16.3 Å². The van der Waals surface area contributed by atoms with Crippen LogP contribution in [0.4, 0.5) is 0 Å². The molecular weight excluding hydrogens is 352 g/mol. The van der Waals surface area contributed by atoms with E-state index in [1.807, 2.05) is 42.5 Å². The average Bonchev–Trinajstić information content (AvgIpc) is 2.76. The molecule has 0 saturated heterocycles. The van der Waals surface area contributed by atoms with Crippen molar-refractivity contribution in [3.63, 3.8) is 0 Å². The molecular formula is C24H14O4. The van der Waals surface area contributed by atoms with Gasteiger partial charge in [0, 0.05) is 33.2 Å². The van der Waals surface area contributed by atoms with Crippen LogP contribution < -0.4 is 0 Å². The standard InChI is InChI=1S/C24H14O4/c25-11-16-7-4-10-19-23(16)21(13-27)20(12-26)22(14-28)24(19)18-9-3-6-15-5-1-2-8-17(15)18/h1-14H. The van der Waals surface area contributed by atoms with Gasteiger partial charge in [-0.3, -0.25) is 19.2 Å². The van der Waals surface area contributed by atoms with Gasteiger partial charge < -0.3 is 0 Å². The Labute approximate surface area is 160 Å². The molecule has 4 nitrogen and oxygen atoms in total. The summed E-state index contributed by atoms with van der Waals surface area (Å²) in [7, 11) is 0. The van der Waals surface area contributed by atoms with Crippen LogP contribution in [0.25, 0.3) is 32.7 Å². The lowest BCUT2D eigenvalue weighted by Gasteiger charge is -2.17. The van der Waals surface area contributed by atoms with Crippen molar-refractivity contribution in [3.05, 3.63) is 82.9 Å². The Balaban J connectivity index is 2.32. The van der Waals surface area contributed by atoms with E-state index in [4.69, 9.17) is 0 Å². The van der Waals surface area contributed by atoms with Crippen LogP contribution in [0.2, 0.25) is 0 Å². The van der Waals surface area contributed by atoms with E-state index < -0.39 is 0 Å². The molecule has 0 aliphatic rings. The van der Waals surface area contributed by atoms with E-state index in [9.17, 15) is 19.2 Å². The molecule has 0 unspecified atom stereocenters. The molecule has 0 heterocycles. The minimum absolute atomic E-state index is 0.00488. The predicted octanol–water partition coefficient (Wildman–Crippen LogP) is 4.91. The molecule has 0 amide bonds. The molecule has 0 aromatic heterocycles.